The summed E-state index contributed by atoms with van der Waals surface area (Å²) in [5.41, 5.74) is 1.79. The van der Waals surface area contributed by atoms with Gasteiger partial charge in [-0.05, 0) is 48.1 Å². The molecule has 0 aliphatic carbocycles. The van der Waals surface area contributed by atoms with E-state index in [0.29, 0.717) is 56.3 Å². The van der Waals surface area contributed by atoms with Gasteiger partial charge in [0, 0.05) is 49.6 Å². The molecule has 1 aromatic carbocycles. The highest BCUT2D eigenvalue weighted by molar-refractivity contribution is 7.16. The van der Waals surface area contributed by atoms with Crippen molar-refractivity contribution >= 4 is 45.0 Å². The average Bonchev–Trinajstić information content (AvgIpc) is 3.37. The predicted octanol–water partition coefficient (Wildman–Crippen LogP) is 4.02. The quantitative estimate of drug-likeness (QED) is 0.543. The molecule has 8 heteroatoms. The second kappa shape index (κ2) is 9.85. The van der Waals surface area contributed by atoms with Crippen LogP contribution in [0.1, 0.15) is 28.9 Å². The number of benzene rings is 1. The monoisotopic (exact) mass is 459 g/mol. The van der Waals surface area contributed by atoms with Gasteiger partial charge in [-0.2, -0.15) is 0 Å². The Hall–Kier alpha value is -2.35. The van der Waals surface area contributed by atoms with Crippen molar-refractivity contribution in [2.45, 2.75) is 19.4 Å². The van der Waals surface area contributed by atoms with E-state index >= 15 is 0 Å². The van der Waals surface area contributed by atoms with Crippen LogP contribution in [0, 0.1) is 5.92 Å². The Morgan fingerprint density at radius 1 is 1.19 bits per heavy atom. The van der Waals surface area contributed by atoms with Crippen LogP contribution in [-0.2, 0) is 16.1 Å². The number of rotatable bonds is 7. The van der Waals surface area contributed by atoms with Crippen molar-refractivity contribution in [1.29, 1.82) is 0 Å². The van der Waals surface area contributed by atoms with E-state index in [0.717, 1.165) is 15.8 Å². The van der Waals surface area contributed by atoms with Gasteiger partial charge in [0.2, 0.25) is 5.91 Å². The lowest BCUT2D eigenvalue weighted by Gasteiger charge is -2.31. The normalized spacial score (nSPS) is 14.8. The number of piperidine rings is 1. The summed E-state index contributed by atoms with van der Waals surface area (Å²) in [7, 11) is 1.61. The van der Waals surface area contributed by atoms with Gasteiger partial charge in [0.1, 0.15) is 10.5 Å². The van der Waals surface area contributed by atoms with Gasteiger partial charge >= 0.3 is 0 Å². The molecular formula is C23H26ClN3O3S. The number of aromatic nitrogens is 1. The first-order valence-corrected chi connectivity index (χ1v) is 11.7. The Labute approximate surface area is 190 Å². The van der Waals surface area contributed by atoms with Crippen molar-refractivity contribution in [2.75, 3.05) is 33.4 Å². The standard InChI is InChI=1S/C23H26ClN3O3S/c1-30-12-9-25-21(28)17-6-10-26(11-7-17)22(29)20-14-18-8-13-31-23(18)27(20)15-16-2-4-19(24)5-3-16/h2-5,8,13-14,17H,6-7,9-12,15H2,1H3,(H,25,28). The lowest BCUT2D eigenvalue weighted by atomic mass is 9.95. The fraction of sp³-hybridized carbons (Fsp3) is 0.391. The first kappa shape index (κ1) is 21.9. The number of fused-ring (bicyclic) bond motifs is 1. The van der Waals surface area contributed by atoms with Crippen LogP contribution in [-0.4, -0.2) is 54.6 Å². The maximum absolute atomic E-state index is 13.4. The molecule has 0 atom stereocenters. The first-order chi connectivity index (χ1) is 15.1. The highest BCUT2D eigenvalue weighted by Crippen LogP contribution is 2.28. The molecule has 0 saturated carbocycles. The van der Waals surface area contributed by atoms with E-state index in [1.807, 2.05) is 46.7 Å². The summed E-state index contributed by atoms with van der Waals surface area (Å²) in [5, 5.41) is 6.73. The van der Waals surface area contributed by atoms with Crippen LogP contribution >= 0.6 is 22.9 Å². The molecule has 164 valence electrons. The van der Waals surface area contributed by atoms with Crippen LogP contribution in [0.3, 0.4) is 0 Å². The number of nitrogens with one attached hydrogen (secondary N) is 1. The number of carbonyl (C=O) groups excluding carboxylic acids is 2. The molecule has 1 aliphatic rings. The number of hydrogen-bond acceptors (Lipinski definition) is 4. The number of halogens is 1. The molecule has 1 fully saturated rings. The largest absolute Gasteiger partial charge is 0.383 e. The third-order valence-electron chi connectivity index (χ3n) is 5.73. The highest BCUT2D eigenvalue weighted by atomic mass is 35.5. The molecule has 3 aromatic rings. The molecule has 0 spiro atoms. The molecule has 0 radical (unpaired) electrons. The first-order valence-electron chi connectivity index (χ1n) is 10.4. The van der Waals surface area contributed by atoms with E-state index in [1.165, 1.54) is 0 Å². The number of carbonyl (C=O) groups is 2. The molecule has 1 aliphatic heterocycles. The molecule has 31 heavy (non-hydrogen) atoms. The molecular weight excluding hydrogens is 434 g/mol. The topological polar surface area (TPSA) is 63.6 Å². The number of likely N-dealkylation sites (tertiary alicyclic amines) is 1. The highest BCUT2D eigenvalue weighted by Gasteiger charge is 2.29. The minimum atomic E-state index is -0.0507. The Balaban J connectivity index is 1.46. The number of amides is 2. The van der Waals surface area contributed by atoms with Gasteiger partial charge in [0.05, 0.1) is 6.61 Å². The van der Waals surface area contributed by atoms with Gasteiger partial charge in [0.25, 0.3) is 5.91 Å². The van der Waals surface area contributed by atoms with Crippen molar-refractivity contribution in [3.05, 3.63) is 58.1 Å². The lowest BCUT2D eigenvalue weighted by molar-refractivity contribution is -0.126. The summed E-state index contributed by atoms with van der Waals surface area (Å²) in [6.07, 6.45) is 1.35. The fourth-order valence-electron chi connectivity index (χ4n) is 4.01. The van der Waals surface area contributed by atoms with Gasteiger partial charge in [0.15, 0.2) is 0 Å². The number of ether oxygens (including phenoxy) is 1. The maximum atomic E-state index is 13.4. The summed E-state index contributed by atoms with van der Waals surface area (Å²) >= 11 is 7.66. The zero-order chi connectivity index (χ0) is 21.8. The lowest BCUT2D eigenvalue weighted by Crippen LogP contribution is -2.44. The van der Waals surface area contributed by atoms with Gasteiger partial charge in [-0.3, -0.25) is 9.59 Å². The molecule has 0 unspecified atom stereocenters. The van der Waals surface area contributed by atoms with Crippen LogP contribution in [0.2, 0.25) is 5.02 Å². The van der Waals surface area contributed by atoms with E-state index in [1.54, 1.807) is 18.4 Å². The van der Waals surface area contributed by atoms with Crippen molar-refractivity contribution in [1.82, 2.24) is 14.8 Å². The Morgan fingerprint density at radius 2 is 1.94 bits per heavy atom. The van der Waals surface area contributed by atoms with Crippen LogP contribution in [0.5, 0.6) is 0 Å². The van der Waals surface area contributed by atoms with E-state index in [-0.39, 0.29) is 17.7 Å². The third kappa shape index (κ3) is 4.95. The summed E-state index contributed by atoms with van der Waals surface area (Å²) < 4.78 is 7.07. The molecule has 1 saturated heterocycles. The zero-order valence-electron chi connectivity index (χ0n) is 17.5. The van der Waals surface area contributed by atoms with Crippen molar-refractivity contribution < 1.29 is 14.3 Å². The molecule has 0 bridgehead atoms. The molecule has 1 N–H and O–H groups in total. The zero-order valence-corrected chi connectivity index (χ0v) is 19.0. The van der Waals surface area contributed by atoms with Gasteiger partial charge < -0.3 is 19.5 Å². The minimum Gasteiger partial charge on any atom is -0.383 e. The van der Waals surface area contributed by atoms with E-state index in [4.69, 9.17) is 16.3 Å². The molecule has 2 amide bonds. The molecule has 6 nitrogen and oxygen atoms in total. The Bertz CT molecular complexity index is 1050. The van der Waals surface area contributed by atoms with Crippen molar-refractivity contribution in [3.8, 4) is 0 Å². The maximum Gasteiger partial charge on any atom is 0.270 e. The molecule has 2 aromatic heterocycles. The number of methoxy groups -OCH3 is 1. The van der Waals surface area contributed by atoms with Gasteiger partial charge in [-0.15, -0.1) is 11.3 Å². The van der Waals surface area contributed by atoms with Crippen LogP contribution in [0.25, 0.3) is 10.2 Å². The Kier molecular flexibility index (Phi) is 6.95. The van der Waals surface area contributed by atoms with E-state index < -0.39 is 0 Å². The number of nitrogens with zero attached hydrogens (tertiary/aromatic N) is 2. The van der Waals surface area contributed by atoms with Crippen LogP contribution in [0.15, 0.2) is 41.8 Å². The van der Waals surface area contributed by atoms with Gasteiger partial charge in [-0.1, -0.05) is 23.7 Å². The number of thiophene rings is 1. The summed E-state index contributed by atoms with van der Waals surface area (Å²) in [5.74, 6) is 0.0247. The summed E-state index contributed by atoms with van der Waals surface area (Å²) in [4.78, 5) is 28.7. The predicted molar refractivity (Wildman–Crippen MR) is 124 cm³/mol. The number of hydrogen-bond donors (Lipinski definition) is 1. The van der Waals surface area contributed by atoms with Crippen molar-refractivity contribution in [2.24, 2.45) is 5.92 Å². The van der Waals surface area contributed by atoms with Gasteiger partial charge in [-0.25, -0.2) is 0 Å². The SMILES string of the molecule is COCCNC(=O)C1CCN(C(=O)c2cc3ccsc3n2Cc2ccc(Cl)cc2)CC1. The smallest absolute Gasteiger partial charge is 0.270 e. The minimum absolute atomic E-state index is 0.0237. The molecule has 3 heterocycles. The van der Waals surface area contributed by atoms with Crippen LogP contribution in [0.4, 0.5) is 0 Å². The van der Waals surface area contributed by atoms with Crippen LogP contribution < -0.4 is 5.32 Å². The van der Waals surface area contributed by atoms with E-state index in [2.05, 4.69) is 9.88 Å². The van der Waals surface area contributed by atoms with E-state index in [9.17, 15) is 9.59 Å². The fourth-order valence-corrected chi connectivity index (χ4v) is 5.03. The summed E-state index contributed by atoms with van der Waals surface area (Å²) in [6, 6.07) is 11.7. The second-order valence-corrected chi connectivity index (χ2v) is 9.10. The summed E-state index contributed by atoms with van der Waals surface area (Å²) in [6.45, 7) is 2.80. The van der Waals surface area contributed by atoms with Crippen molar-refractivity contribution in [3.63, 3.8) is 0 Å². The third-order valence-corrected chi connectivity index (χ3v) is 6.94. The second-order valence-electron chi connectivity index (χ2n) is 7.77. The average molecular weight is 460 g/mol. The Morgan fingerprint density at radius 3 is 2.65 bits per heavy atom. The molecule has 4 rings (SSSR count).